The highest BCUT2D eigenvalue weighted by atomic mass is 79.9. The number of hydrogen-bond donors (Lipinski definition) is 2. The van der Waals surface area contributed by atoms with E-state index in [0.717, 1.165) is 0 Å². The monoisotopic (exact) mass is 437 g/mol. The molecule has 0 unspecified atom stereocenters. The van der Waals surface area contributed by atoms with Crippen LogP contribution < -0.4 is 5.73 Å². The molecule has 0 aliphatic rings. The van der Waals surface area contributed by atoms with E-state index in [9.17, 15) is 18.7 Å². The SMILES string of the molecule is CCOC(=O)C(F)(F)[C@@H](N)c1cc(Br)c(O)c(Br)c1.Cl. The first-order valence-electron chi connectivity index (χ1n) is 5.20. The lowest BCUT2D eigenvalue weighted by molar-refractivity contribution is -0.174. The van der Waals surface area contributed by atoms with E-state index in [-0.39, 0.29) is 39.3 Å². The molecule has 0 fully saturated rings. The normalized spacial score (nSPS) is 12.5. The molecule has 0 aliphatic carbocycles. The molecule has 0 heterocycles. The molecule has 114 valence electrons. The second-order valence-electron chi connectivity index (χ2n) is 3.65. The largest absolute Gasteiger partial charge is 0.506 e. The Morgan fingerprint density at radius 3 is 2.30 bits per heavy atom. The smallest absolute Gasteiger partial charge is 0.379 e. The number of phenolic OH excluding ortho intramolecular Hbond substituents is 1. The lowest BCUT2D eigenvalue weighted by Crippen LogP contribution is -2.41. The molecule has 9 heteroatoms. The molecule has 0 saturated heterocycles. The van der Waals surface area contributed by atoms with Gasteiger partial charge in [0.15, 0.2) is 0 Å². The van der Waals surface area contributed by atoms with Gasteiger partial charge in [-0.3, -0.25) is 0 Å². The average molecular weight is 439 g/mol. The van der Waals surface area contributed by atoms with E-state index in [1.54, 1.807) is 0 Å². The summed E-state index contributed by atoms with van der Waals surface area (Å²) < 4.78 is 32.2. The molecule has 0 radical (unpaired) electrons. The number of ether oxygens (including phenoxy) is 1. The fourth-order valence-electron chi connectivity index (χ4n) is 1.33. The molecule has 0 aliphatic heterocycles. The molecule has 0 amide bonds. The van der Waals surface area contributed by atoms with Crippen molar-refractivity contribution in [2.24, 2.45) is 5.73 Å². The predicted molar refractivity (Wildman–Crippen MR) is 79.3 cm³/mol. The van der Waals surface area contributed by atoms with Crippen molar-refractivity contribution >= 4 is 50.2 Å². The fourth-order valence-corrected chi connectivity index (χ4v) is 2.55. The van der Waals surface area contributed by atoms with Crippen LogP contribution in [0.2, 0.25) is 0 Å². The fraction of sp³-hybridized carbons (Fsp3) is 0.364. The van der Waals surface area contributed by atoms with Crippen molar-refractivity contribution in [2.75, 3.05) is 6.61 Å². The van der Waals surface area contributed by atoms with Crippen molar-refractivity contribution < 1.29 is 23.4 Å². The zero-order valence-electron chi connectivity index (χ0n) is 10.2. The van der Waals surface area contributed by atoms with Crippen molar-refractivity contribution in [3.8, 4) is 5.75 Å². The lowest BCUT2D eigenvalue weighted by Gasteiger charge is -2.22. The molecule has 0 aromatic heterocycles. The van der Waals surface area contributed by atoms with Crippen LogP contribution in [0.3, 0.4) is 0 Å². The number of carbonyl (C=O) groups is 1. The number of esters is 1. The summed E-state index contributed by atoms with van der Waals surface area (Å²) in [5.41, 5.74) is 5.40. The highest BCUT2D eigenvalue weighted by Gasteiger charge is 2.48. The van der Waals surface area contributed by atoms with Gasteiger partial charge < -0.3 is 15.6 Å². The topological polar surface area (TPSA) is 72.5 Å². The second kappa shape index (κ2) is 7.53. The van der Waals surface area contributed by atoms with Gasteiger partial charge in [-0.1, -0.05) is 0 Å². The van der Waals surface area contributed by atoms with Crippen molar-refractivity contribution in [2.45, 2.75) is 18.9 Å². The Morgan fingerprint density at radius 1 is 1.45 bits per heavy atom. The van der Waals surface area contributed by atoms with Gasteiger partial charge in [0.25, 0.3) is 0 Å². The molecule has 4 nitrogen and oxygen atoms in total. The maximum atomic E-state index is 13.8. The summed E-state index contributed by atoms with van der Waals surface area (Å²) in [6.07, 6.45) is 0. The van der Waals surface area contributed by atoms with E-state index in [2.05, 4.69) is 36.6 Å². The van der Waals surface area contributed by atoms with Gasteiger partial charge in [-0.15, -0.1) is 12.4 Å². The third kappa shape index (κ3) is 4.03. The van der Waals surface area contributed by atoms with Crippen LogP contribution in [0.1, 0.15) is 18.5 Å². The van der Waals surface area contributed by atoms with Gasteiger partial charge in [0.1, 0.15) is 11.8 Å². The first-order chi connectivity index (χ1) is 8.71. The van der Waals surface area contributed by atoms with Crippen LogP contribution in [0.15, 0.2) is 21.1 Å². The number of rotatable bonds is 4. The number of nitrogens with two attached hydrogens (primary N) is 1. The van der Waals surface area contributed by atoms with E-state index < -0.39 is 17.9 Å². The zero-order chi connectivity index (χ0) is 14.8. The highest BCUT2D eigenvalue weighted by Crippen LogP contribution is 2.38. The second-order valence-corrected chi connectivity index (χ2v) is 5.36. The van der Waals surface area contributed by atoms with Crippen molar-refractivity contribution in [3.63, 3.8) is 0 Å². The molecular formula is C11H12Br2ClF2NO3. The van der Waals surface area contributed by atoms with Crippen molar-refractivity contribution in [1.29, 1.82) is 0 Å². The van der Waals surface area contributed by atoms with Crippen molar-refractivity contribution in [3.05, 3.63) is 26.6 Å². The van der Waals surface area contributed by atoms with Crippen LogP contribution in [0.25, 0.3) is 0 Å². The molecule has 20 heavy (non-hydrogen) atoms. The van der Waals surface area contributed by atoms with Gasteiger partial charge in [-0.05, 0) is 56.5 Å². The van der Waals surface area contributed by atoms with E-state index >= 15 is 0 Å². The van der Waals surface area contributed by atoms with Gasteiger partial charge in [0.05, 0.1) is 15.6 Å². The Hall–Kier alpha value is -0.440. The van der Waals surface area contributed by atoms with Gasteiger partial charge in [0.2, 0.25) is 0 Å². The third-order valence-corrected chi connectivity index (χ3v) is 3.55. The summed E-state index contributed by atoms with van der Waals surface area (Å²) in [6, 6.07) is 0.565. The van der Waals surface area contributed by atoms with Gasteiger partial charge in [-0.2, -0.15) is 8.78 Å². The quantitative estimate of drug-likeness (QED) is 0.704. The first kappa shape index (κ1) is 19.6. The standard InChI is InChI=1S/C11H11Br2F2NO3.ClH/c1-2-19-10(18)11(14,15)9(16)5-3-6(12)8(17)7(13)4-5;/h3-4,9,17H,2,16H2,1H3;1H/t9-;/m0./s1. The summed E-state index contributed by atoms with van der Waals surface area (Å²) in [5.74, 6) is -5.68. The van der Waals surface area contributed by atoms with E-state index in [4.69, 9.17) is 5.73 Å². The number of carbonyl (C=O) groups excluding carboxylic acids is 1. The van der Waals surface area contributed by atoms with Crippen LogP contribution >= 0.6 is 44.3 Å². The van der Waals surface area contributed by atoms with Gasteiger partial charge in [-0.25, -0.2) is 4.79 Å². The maximum absolute atomic E-state index is 13.8. The van der Waals surface area contributed by atoms with Crippen LogP contribution in [0.5, 0.6) is 5.75 Å². The Labute approximate surface area is 137 Å². The molecule has 0 saturated carbocycles. The van der Waals surface area contributed by atoms with E-state index in [0.29, 0.717) is 0 Å². The molecule has 1 aromatic carbocycles. The highest BCUT2D eigenvalue weighted by molar-refractivity contribution is 9.11. The minimum Gasteiger partial charge on any atom is -0.506 e. The Bertz CT molecular complexity index is 480. The van der Waals surface area contributed by atoms with Gasteiger partial charge >= 0.3 is 11.9 Å². The van der Waals surface area contributed by atoms with Gasteiger partial charge in [0, 0.05) is 0 Å². The molecule has 0 bridgehead atoms. The number of alkyl halides is 2. The van der Waals surface area contributed by atoms with Crippen LogP contribution in [0, 0.1) is 0 Å². The molecule has 1 atom stereocenters. The molecule has 3 N–H and O–H groups in total. The van der Waals surface area contributed by atoms with Crippen LogP contribution in [-0.2, 0) is 9.53 Å². The van der Waals surface area contributed by atoms with E-state index in [1.165, 1.54) is 19.1 Å². The summed E-state index contributed by atoms with van der Waals surface area (Å²) in [7, 11) is 0. The average Bonchev–Trinajstić information content (AvgIpc) is 2.34. The summed E-state index contributed by atoms with van der Waals surface area (Å²) in [4.78, 5) is 11.2. The Morgan fingerprint density at radius 2 is 1.90 bits per heavy atom. The number of halogens is 5. The number of hydrogen-bond acceptors (Lipinski definition) is 4. The molecule has 1 rings (SSSR count). The van der Waals surface area contributed by atoms with E-state index in [1.807, 2.05) is 0 Å². The van der Waals surface area contributed by atoms with Crippen LogP contribution in [0.4, 0.5) is 8.78 Å². The minimum absolute atomic E-state index is 0. The summed E-state index contributed by atoms with van der Waals surface area (Å²) in [5, 5.41) is 9.50. The Balaban J connectivity index is 0.00000361. The molecule has 0 spiro atoms. The summed E-state index contributed by atoms with van der Waals surface area (Å²) >= 11 is 6.01. The third-order valence-electron chi connectivity index (χ3n) is 2.34. The molecule has 1 aromatic rings. The number of phenols is 1. The number of aromatic hydroxyl groups is 1. The zero-order valence-corrected chi connectivity index (χ0v) is 14.2. The number of benzene rings is 1. The maximum Gasteiger partial charge on any atom is 0.379 e. The first-order valence-corrected chi connectivity index (χ1v) is 6.78. The minimum atomic E-state index is -3.86. The lowest BCUT2D eigenvalue weighted by atomic mass is 10.0. The predicted octanol–water partition coefficient (Wildman–Crippen LogP) is 3.54. The van der Waals surface area contributed by atoms with Crippen molar-refractivity contribution in [1.82, 2.24) is 0 Å². The Kier molecular flexibility index (Phi) is 7.37. The summed E-state index contributed by atoms with van der Waals surface area (Å²) in [6.45, 7) is 1.26. The molecular weight excluding hydrogens is 427 g/mol. The van der Waals surface area contributed by atoms with Crippen LogP contribution in [-0.4, -0.2) is 23.6 Å².